The van der Waals surface area contributed by atoms with E-state index in [1.165, 1.54) is 29.2 Å². The number of benzene rings is 2. The summed E-state index contributed by atoms with van der Waals surface area (Å²) in [5, 5.41) is 9.92. The number of hydrogen-bond donors (Lipinski definition) is 0. The Morgan fingerprint density at radius 2 is 1.88 bits per heavy atom. The summed E-state index contributed by atoms with van der Waals surface area (Å²) in [5.41, 5.74) is -0.874. The molecule has 0 atom stereocenters. The third kappa shape index (κ3) is 3.78. The van der Waals surface area contributed by atoms with E-state index in [4.69, 9.17) is 15.8 Å². The SMILES string of the molecule is O=S(=O)(Oc1cccc(-n2cnnn2)c1)c1ccc(Cl)c(C(F)(F)F)c1. The summed E-state index contributed by atoms with van der Waals surface area (Å²) in [7, 11) is -4.52. The topological polar surface area (TPSA) is 87.0 Å². The largest absolute Gasteiger partial charge is 0.417 e. The van der Waals surface area contributed by atoms with E-state index in [0.717, 1.165) is 12.1 Å². The van der Waals surface area contributed by atoms with Crippen LogP contribution in [0.3, 0.4) is 0 Å². The second kappa shape index (κ2) is 6.57. The Morgan fingerprint density at radius 3 is 2.54 bits per heavy atom. The highest BCUT2D eigenvalue weighted by atomic mass is 35.5. The van der Waals surface area contributed by atoms with Crippen molar-refractivity contribution in [3.05, 3.63) is 59.4 Å². The number of aromatic nitrogens is 4. The van der Waals surface area contributed by atoms with Gasteiger partial charge < -0.3 is 4.18 Å². The van der Waals surface area contributed by atoms with E-state index in [2.05, 4.69) is 15.5 Å². The number of nitrogens with zero attached hydrogens (tertiary/aromatic N) is 4. The van der Waals surface area contributed by atoms with Crippen molar-refractivity contribution in [1.29, 1.82) is 0 Å². The molecular formula is C14H8ClF3N4O3S. The fourth-order valence-electron chi connectivity index (χ4n) is 2.01. The van der Waals surface area contributed by atoms with Crippen molar-refractivity contribution in [3.8, 4) is 11.4 Å². The second-order valence-electron chi connectivity index (χ2n) is 4.93. The monoisotopic (exact) mass is 404 g/mol. The van der Waals surface area contributed by atoms with E-state index >= 15 is 0 Å². The molecule has 0 unspecified atom stereocenters. The molecule has 2 aromatic carbocycles. The lowest BCUT2D eigenvalue weighted by atomic mass is 10.2. The van der Waals surface area contributed by atoms with Gasteiger partial charge in [0.15, 0.2) is 0 Å². The van der Waals surface area contributed by atoms with Crippen molar-refractivity contribution in [2.24, 2.45) is 0 Å². The van der Waals surface area contributed by atoms with Crippen LogP contribution in [0.4, 0.5) is 13.2 Å². The van der Waals surface area contributed by atoms with Crippen molar-refractivity contribution < 1.29 is 25.8 Å². The molecule has 0 aliphatic rings. The molecule has 0 fully saturated rings. The maximum absolute atomic E-state index is 12.9. The van der Waals surface area contributed by atoms with Gasteiger partial charge in [-0.3, -0.25) is 0 Å². The van der Waals surface area contributed by atoms with Crippen LogP contribution >= 0.6 is 11.6 Å². The van der Waals surface area contributed by atoms with Gasteiger partial charge in [-0.15, -0.1) is 5.10 Å². The highest BCUT2D eigenvalue weighted by Gasteiger charge is 2.34. The molecule has 1 aromatic heterocycles. The summed E-state index contributed by atoms with van der Waals surface area (Å²) in [6.07, 6.45) is -3.52. The van der Waals surface area contributed by atoms with E-state index in [9.17, 15) is 21.6 Å². The Balaban J connectivity index is 1.94. The average Bonchev–Trinajstić information content (AvgIpc) is 3.08. The summed E-state index contributed by atoms with van der Waals surface area (Å²) in [4.78, 5) is -0.679. The summed E-state index contributed by atoms with van der Waals surface area (Å²) in [5.74, 6) is -0.124. The lowest BCUT2D eigenvalue weighted by molar-refractivity contribution is -0.137. The third-order valence-corrected chi connectivity index (χ3v) is 4.74. The van der Waals surface area contributed by atoms with Gasteiger partial charge in [0.05, 0.1) is 16.3 Å². The Kier molecular flexibility index (Phi) is 4.59. The molecule has 0 amide bonds. The second-order valence-corrected chi connectivity index (χ2v) is 6.88. The molecule has 0 N–H and O–H groups in total. The molecule has 1 heterocycles. The van der Waals surface area contributed by atoms with Gasteiger partial charge in [0.25, 0.3) is 0 Å². The normalized spacial score (nSPS) is 12.2. The minimum absolute atomic E-state index is 0.124. The maximum atomic E-state index is 12.9. The molecule has 26 heavy (non-hydrogen) atoms. The molecule has 0 bridgehead atoms. The van der Waals surface area contributed by atoms with Crippen LogP contribution in [-0.2, 0) is 16.3 Å². The number of hydrogen-bond acceptors (Lipinski definition) is 6. The van der Waals surface area contributed by atoms with Gasteiger partial charge in [-0.05, 0) is 40.8 Å². The Bertz CT molecular complexity index is 1040. The standard InChI is InChI=1S/C14H8ClF3N4O3S/c15-13-5-4-11(7-12(13)14(16,17)18)26(23,24)25-10-3-1-2-9(6-10)22-8-19-20-21-22/h1-8H. The van der Waals surface area contributed by atoms with Gasteiger partial charge in [0, 0.05) is 6.07 Å². The van der Waals surface area contributed by atoms with E-state index in [1.807, 2.05) is 0 Å². The maximum Gasteiger partial charge on any atom is 0.417 e. The molecule has 136 valence electrons. The highest BCUT2D eigenvalue weighted by molar-refractivity contribution is 7.87. The van der Waals surface area contributed by atoms with Gasteiger partial charge in [-0.2, -0.15) is 21.6 Å². The lowest BCUT2D eigenvalue weighted by Crippen LogP contribution is -2.13. The average molecular weight is 405 g/mol. The van der Waals surface area contributed by atoms with Crippen LogP contribution in [0.5, 0.6) is 5.75 Å². The fraction of sp³-hybridized carbons (Fsp3) is 0.0714. The van der Waals surface area contributed by atoms with Crippen LogP contribution in [-0.4, -0.2) is 28.6 Å². The zero-order valence-electron chi connectivity index (χ0n) is 12.6. The molecule has 0 aliphatic carbocycles. The summed E-state index contributed by atoms with van der Waals surface area (Å²) in [6.45, 7) is 0. The molecule has 3 rings (SSSR count). The minimum atomic E-state index is -4.80. The summed E-state index contributed by atoms with van der Waals surface area (Å²) in [6, 6.07) is 7.89. The van der Waals surface area contributed by atoms with Crippen molar-refractivity contribution >= 4 is 21.7 Å². The first-order valence-electron chi connectivity index (χ1n) is 6.81. The van der Waals surface area contributed by atoms with Crippen molar-refractivity contribution in [3.63, 3.8) is 0 Å². The zero-order valence-corrected chi connectivity index (χ0v) is 14.1. The number of rotatable bonds is 4. The number of halogens is 4. The Hall–Kier alpha value is -2.66. The van der Waals surface area contributed by atoms with Gasteiger partial charge in [-0.25, -0.2) is 4.68 Å². The first-order chi connectivity index (χ1) is 12.2. The molecule has 12 heteroatoms. The summed E-state index contributed by atoms with van der Waals surface area (Å²) >= 11 is 5.49. The number of tetrazole rings is 1. The molecule has 0 radical (unpaired) electrons. The van der Waals surface area contributed by atoms with Crippen LogP contribution < -0.4 is 4.18 Å². The molecule has 3 aromatic rings. The zero-order chi connectivity index (χ0) is 18.9. The Morgan fingerprint density at radius 1 is 1.12 bits per heavy atom. The smallest absolute Gasteiger partial charge is 0.379 e. The van der Waals surface area contributed by atoms with E-state index in [1.54, 1.807) is 6.07 Å². The number of alkyl halides is 3. The summed E-state index contributed by atoms with van der Waals surface area (Å²) < 4.78 is 69.5. The van der Waals surface area contributed by atoms with E-state index in [-0.39, 0.29) is 5.75 Å². The molecule has 7 nitrogen and oxygen atoms in total. The van der Waals surface area contributed by atoms with Crippen LogP contribution in [0.2, 0.25) is 5.02 Å². The van der Waals surface area contributed by atoms with Crippen molar-refractivity contribution in [1.82, 2.24) is 20.2 Å². The third-order valence-electron chi connectivity index (χ3n) is 3.17. The first-order valence-corrected chi connectivity index (χ1v) is 8.60. The molecular weight excluding hydrogens is 397 g/mol. The van der Waals surface area contributed by atoms with Crippen molar-refractivity contribution in [2.45, 2.75) is 11.1 Å². The van der Waals surface area contributed by atoms with Crippen LogP contribution in [0.1, 0.15) is 5.56 Å². The molecule has 0 spiro atoms. The van der Waals surface area contributed by atoms with Gasteiger partial charge in [-0.1, -0.05) is 17.7 Å². The lowest BCUT2D eigenvalue weighted by Gasteiger charge is -2.12. The van der Waals surface area contributed by atoms with E-state index < -0.39 is 31.8 Å². The van der Waals surface area contributed by atoms with Crippen LogP contribution in [0.25, 0.3) is 5.69 Å². The first kappa shape index (κ1) is 18.1. The van der Waals surface area contributed by atoms with Gasteiger partial charge >= 0.3 is 16.3 Å². The predicted octanol–water partition coefficient (Wildman–Crippen LogP) is 3.10. The fourth-order valence-corrected chi connectivity index (χ4v) is 3.18. The highest BCUT2D eigenvalue weighted by Crippen LogP contribution is 2.36. The molecule has 0 aliphatic heterocycles. The van der Waals surface area contributed by atoms with E-state index in [0.29, 0.717) is 11.8 Å². The van der Waals surface area contributed by atoms with Gasteiger partial charge in [0.1, 0.15) is 17.0 Å². The predicted molar refractivity (Wildman–Crippen MR) is 83.4 cm³/mol. The van der Waals surface area contributed by atoms with Gasteiger partial charge in [0.2, 0.25) is 0 Å². The molecule has 0 saturated heterocycles. The van der Waals surface area contributed by atoms with Crippen molar-refractivity contribution in [2.75, 3.05) is 0 Å². The minimum Gasteiger partial charge on any atom is -0.379 e. The molecule has 0 saturated carbocycles. The van der Waals surface area contributed by atoms with Crippen LogP contribution in [0.15, 0.2) is 53.7 Å². The quantitative estimate of drug-likeness (QED) is 0.621. The van der Waals surface area contributed by atoms with Crippen LogP contribution in [0, 0.1) is 0 Å². The Labute approximate surface area is 150 Å².